The first-order valence-corrected chi connectivity index (χ1v) is 9.97. The number of pyridine rings is 1. The molecule has 0 bridgehead atoms. The second kappa shape index (κ2) is 8.60. The summed E-state index contributed by atoms with van der Waals surface area (Å²) >= 11 is 1.57. The number of rotatable bonds is 7. The van der Waals surface area contributed by atoms with Gasteiger partial charge in [-0.15, -0.1) is 11.3 Å². The van der Waals surface area contributed by atoms with Crippen LogP contribution in [0.1, 0.15) is 47.7 Å². The molecule has 1 saturated heterocycles. The van der Waals surface area contributed by atoms with Crippen molar-refractivity contribution in [3.8, 4) is 5.88 Å². The van der Waals surface area contributed by atoms with Crippen LogP contribution < -0.4 is 15.4 Å². The number of amides is 1. The maximum Gasteiger partial charge on any atom is 0.253 e. The third kappa shape index (κ3) is 5.02. The van der Waals surface area contributed by atoms with Crippen molar-refractivity contribution in [2.45, 2.75) is 39.7 Å². The van der Waals surface area contributed by atoms with E-state index in [-0.39, 0.29) is 11.3 Å². The van der Waals surface area contributed by atoms with Gasteiger partial charge in [0.15, 0.2) is 0 Å². The Morgan fingerprint density at radius 2 is 2.35 bits per heavy atom. The Labute approximate surface area is 158 Å². The molecule has 1 fully saturated rings. The number of piperidine rings is 1. The summed E-state index contributed by atoms with van der Waals surface area (Å²) in [6.45, 7) is 7.40. The van der Waals surface area contributed by atoms with Crippen LogP contribution in [0.5, 0.6) is 5.88 Å². The molecule has 0 radical (unpaired) electrons. The van der Waals surface area contributed by atoms with Gasteiger partial charge in [0.2, 0.25) is 5.88 Å². The molecule has 2 N–H and O–H groups in total. The zero-order valence-corrected chi connectivity index (χ0v) is 16.2. The zero-order valence-electron chi connectivity index (χ0n) is 15.4. The van der Waals surface area contributed by atoms with Crippen LogP contribution in [0.4, 0.5) is 0 Å². The maximum absolute atomic E-state index is 12.2. The highest BCUT2D eigenvalue weighted by atomic mass is 32.1. The van der Waals surface area contributed by atoms with Crippen molar-refractivity contribution in [1.29, 1.82) is 0 Å². The molecule has 0 aliphatic carbocycles. The van der Waals surface area contributed by atoms with Crippen molar-refractivity contribution in [2.75, 3.05) is 19.7 Å². The number of aryl methyl sites for hydroxylation is 1. The van der Waals surface area contributed by atoms with E-state index in [2.05, 4.69) is 34.4 Å². The van der Waals surface area contributed by atoms with Gasteiger partial charge in [0.1, 0.15) is 5.01 Å². The van der Waals surface area contributed by atoms with Crippen molar-refractivity contribution < 1.29 is 9.53 Å². The molecule has 3 heterocycles. The van der Waals surface area contributed by atoms with E-state index in [9.17, 15) is 4.79 Å². The van der Waals surface area contributed by atoms with E-state index in [1.807, 2.05) is 5.38 Å². The van der Waals surface area contributed by atoms with Crippen molar-refractivity contribution in [3.63, 3.8) is 0 Å². The Kier molecular flexibility index (Phi) is 6.21. The molecule has 0 spiro atoms. The minimum atomic E-state index is -0.152. The highest BCUT2D eigenvalue weighted by Gasteiger charge is 2.27. The Hall–Kier alpha value is -1.99. The SMILES string of the molecule is CCc1csc(CNC(=O)c2ccc(OC[C@]3(C)CCCNC3)nc2)n1. The number of ether oxygens (including phenoxy) is 1. The van der Waals surface area contributed by atoms with Gasteiger partial charge in [-0.3, -0.25) is 4.79 Å². The lowest BCUT2D eigenvalue weighted by Crippen LogP contribution is -2.41. The molecule has 2 aromatic rings. The van der Waals surface area contributed by atoms with Crippen LogP contribution in [-0.4, -0.2) is 35.6 Å². The lowest BCUT2D eigenvalue weighted by molar-refractivity contribution is 0.0950. The predicted octanol–water partition coefficient (Wildman–Crippen LogP) is 2.80. The van der Waals surface area contributed by atoms with Crippen molar-refractivity contribution in [2.24, 2.45) is 5.41 Å². The van der Waals surface area contributed by atoms with Gasteiger partial charge in [-0.2, -0.15) is 0 Å². The van der Waals surface area contributed by atoms with E-state index < -0.39 is 0 Å². The average Bonchev–Trinajstić information content (AvgIpc) is 3.14. The summed E-state index contributed by atoms with van der Waals surface area (Å²) in [7, 11) is 0. The quantitative estimate of drug-likeness (QED) is 0.779. The van der Waals surface area contributed by atoms with Crippen LogP contribution in [0, 0.1) is 5.41 Å². The molecule has 1 aliphatic rings. The first kappa shape index (κ1) is 18.8. The fraction of sp³-hybridized carbons (Fsp3) is 0.526. The Morgan fingerprint density at radius 1 is 1.46 bits per heavy atom. The molecule has 1 aliphatic heterocycles. The number of carbonyl (C=O) groups is 1. The summed E-state index contributed by atoms with van der Waals surface area (Å²) in [5.41, 5.74) is 1.72. The number of hydrogen-bond acceptors (Lipinski definition) is 6. The van der Waals surface area contributed by atoms with Crippen LogP contribution in [0.2, 0.25) is 0 Å². The van der Waals surface area contributed by atoms with Crippen LogP contribution >= 0.6 is 11.3 Å². The fourth-order valence-corrected chi connectivity index (χ4v) is 3.76. The Balaban J connectivity index is 1.49. The minimum absolute atomic E-state index is 0.140. The molecule has 140 valence electrons. The summed E-state index contributed by atoms with van der Waals surface area (Å²) in [6, 6.07) is 3.51. The zero-order chi connectivity index (χ0) is 18.4. The Bertz CT molecular complexity index is 723. The normalized spacial score (nSPS) is 19.9. The number of nitrogens with one attached hydrogen (secondary N) is 2. The molecule has 0 unspecified atom stereocenters. The molecule has 0 aromatic carbocycles. The second-order valence-corrected chi connectivity index (χ2v) is 7.98. The molecule has 7 heteroatoms. The third-order valence-electron chi connectivity index (χ3n) is 4.61. The van der Waals surface area contributed by atoms with Gasteiger partial charge in [-0.1, -0.05) is 13.8 Å². The number of thiazole rings is 1. The molecule has 3 rings (SSSR count). The van der Waals surface area contributed by atoms with E-state index in [0.717, 1.165) is 36.6 Å². The van der Waals surface area contributed by atoms with E-state index in [1.54, 1.807) is 29.7 Å². The van der Waals surface area contributed by atoms with Crippen molar-refractivity contribution >= 4 is 17.2 Å². The lowest BCUT2D eigenvalue weighted by Gasteiger charge is -2.33. The largest absolute Gasteiger partial charge is 0.477 e. The van der Waals surface area contributed by atoms with Crippen molar-refractivity contribution in [1.82, 2.24) is 20.6 Å². The second-order valence-electron chi connectivity index (χ2n) is 7.03. The van der Waals surface area contributed by atoms with Crippen LogP contribution in [-0.2, 0) is 13.0 Å². The summed E-state index contributed by atoms with van der Waals surface area (Å²) in [4.78, 5) is 21.0. The standard InChI is InChI=1S/C19H26N4O2S/c1-3-15-11-26-17(23-15)10-22-18(24)14-5-6-16(21-9-14)25-13-19(2)7-4-8-20-12-19/h5-6,9,11,20H,3-4,7-8,10,12-13H2,1-2H3,(H,22,24)/t19-/m1/s1. The van der Waals surface area contributed by atoms with Gasteiger partial charge < -0.3 is 15.4 Å². The molecule has 1 amide bonds. The van der Waals surface area contributed by atoms with Gasteiger partial charge in [-0.05, 0) is 31.9 Å². The van der Waals surface area contributed by atoms with E-state index in [4.69, 9.17) is 4.74 Å². The smallest absolute Gasteiger partial charge is 0.253 e. The first-order valence-electron chi connectivity index (χ1n) is 9.09. The van der Waals surface area contributed by atoms with E-state index in [1.165, 1.54) is 6.42 Å². The average molecular weight is 375 g/mol. The number of hydrogen-bond donors (Lipinski definition) is 2. The minimum Gasteiger partial charge on any atom is -0.477 e. The van der Waals surface area contributed by atoms with Crippen LogP contribution in [0.15, 0.2) is 23.7 Å². The number of nitrogens with zero attached hydrogens (tertiary/aromatic N) is 2. The highest BCUT2D eigenvalue weighted by molar-refractivity contribution is 7.09. The van der Waals surface area contributed by atoms with Gasteiger partial charge in [0.25, 0.3) is 5.91 Å². The van der Waals surface area contributed by atoms with Gasteiger partial charge in [0, 0.05) is 29.6 Å². The van der Waals surface area contributed by atoms with Gasteiger partial charge >= 0.3 is 0 Å². The summed E-state index contributed by atoms with van der Waals surface area (Å²) in [5, 5.41) is 9.23. The molecule has 26 heavy (non-hydrogen) atoms. The van der Waals surface area contributed by atoms with Gasteiger partial charge in [0.05, 0.1) is 24.4 Å². The summed E-state index contributed by atoms with van der Waals surface area (Å²) in [5.74, 6) is 0.404. The topological polar surface area (TPSA) is 76.1 Å². The lowest BCUT2D eigenvalue weighted by atomic mass is 9.84. The predicted molar refractivity (Wildman–Crippen MR) is 103 cm³/mol. The van der Waals surface area contributed by atoms with Crippen molar-refractivity contribution in [3.05, 3.63) is 40.0 Å². The molecular weight excluding hydrogens is 348 g/mol. The summed E-state index contributed by atoms with van der Waals surface area (Å²) in [6.07, 6.45) is 4.79. The summed E-state index contributed by atoms with van der Waals surface area (Å²) < 4.78 is 5.84. The van der Waals surface area contributed by atoms with Crippen LogP contribution in [0.25, 0.3) is 0 Å². The molecule has 0 saturated carbocycles. The Morgan fingerprint density at radius 3 is 3.00 bits per heavy atom. The van der Waals surface area contributed by atoms with E-state index >= 15 is 0 Å². The fourth-order valence-electron chi connectivity index (χ4n) is 2.94. The number of aromatic nitrogens is 2. The molecular formula is C19H26N4O2S. The van der Waals surface area contributed by atoms with Gasteiger partial charge in [-0.25, -0.2) is 9.97 Å². The first-order chi connectivity index (χ1) is 12.6. The third-order valence-corrected chi connectivity index (χ3v) is 5.51. The maximum atomic E-state index is 12.2. The number of carbonyl (C=O) groups excluding carboxylic acids is 1. The molecule has 6 nitrogen and oxygen atoms in total. The molecule has 1 atom stereocenters. The van der Waals surface area contributed by atoms with Crippen LogP contribution in [0.3, 0.4) is 0 Å². The highest BCUT2D eigenvalue weighted by Crippen LogP contribution is 2.26. The monoisotopic (exact) mass is 374 g/mol. The molecule has 2 aromatic heterocycles. The van der Waals surface area contributed by atoms with E-state index in [0.29, 0.717) is 24.6 Å².